The number of imide groups is 1. The Kier molecular flexibility index (Phi) is 13.0. The van der Waals surface area contributed by atoms with Gasteiger partial charge in [-0.05, 0) is 75.8 Å². The zero-order chi connectivity index (χ0) is 36.0. The quantitative estimate of drug-likeness (QED) is 0.234. The smallest absolute Gasteiger partial charge is 0.408 e. The van der Waals surface area contributed by atoms with Crippen LogP contribution in [0.5, 0.6) is 0 Å². The molecule has 4 atom stereocenters. The van der Waals surface area contributed by atoms with E-state index in [9.17, 15) is 19.2 Å². The van der Waals surface area contributed by atoms with Crippen molar-refractivity contribution in [2.24, 2.45) is 11.8 Å². The molecule has 0 fully saturated rings. The van der Waals surface area contributed by atoms with Crippen LogP contribution in [0.15, 0.2) is 48.5 Å². The summed E-state index contributed by atoms with van der Waals surface area (Å²) >= 11 is 0. The molecule has 3 rings (SSSR count). The fraction of sp³-hybridized carbons (Fsp3) is 0.579. The van der Waals surface area contributed by atoms with Crippen molar-refractivity contribution in [2.75, 3.05) is 20.8 Å². The first-order valence-corrected chi connectivity index (χ1v) is 16.9. The van der Waals surface area contributed by atoms with Crippen LogP contribution in [-0.2, 0) is 28.6 Å². The molecule has 0 spiro atoms. The lowest BCUT2D eigenvalue weighted by Gasteiger charge is -2.42. The monoisotopic (exact) mass is 665 g/mol. The number of hydrogen-bond acceptors (Lipinski definition) is 8. The highest BCUT2D eigenvalue weighted by molar-refractivity contribution is 6.02. The van der Waals surface area contributed by atoms with E-state index in [-0.39, 0.29) is 36.8 Å². The van der Waals surface area contributed by atoms with E-state index >= 15 is 0 Å². The van der Waals surface area contributed by atoms with Gasteiger partial charge in [-0.25, -0.2) is 4.79 Å². The first-order valence-electron chi connectivity index (χ1n) is 16.9. The van der Waals surface area contributed by atoms with Crippen LogP contribution in [0.4, 0.5) is 4.79 Å². The number of ether oxygens (including phenoxy) is 3. The molecule has 2 N–H and O–H groups in total. The highest BCUT2D eigenvalue weighted by Crippen LogP contribution is 2.44. The van der Waals surface area contributed by atoms with Crippen molar-refractivity contribution in [3.63, 3.8) is 0 Å². The third-order valence-corrected chi connectivity index (χ3v) is 9.07. The maximum absolute atomic E-state index is 13.8. The Hall–Kier alpha value is -3.76. The number of likely N-dealkylation sites (N-methyl/N-ethyl adjacent to an activating group) is 1. The van der Waals surface area contributed by atoms with Gasteiger partial charge < -0.3 is 19.5 Å². The summed E-state index contributed by atoms with van der Waals surface area (Å²) in [6.45, 7) is 16.5. The fourth-order valence-electron chi connectivity index (χ4n) is 6.59. The highest BCUT2D eigenvalue weighted by Gasteiger charge is 2.41. The summed E-state index contributed by atoms with van der Waals surface area (Å²) in [5, 5.41) is 5.17. The second-order valence-corrected chi connectivity index (χ2v) is 14.7. The van der Waals surface area contributed by atoms with Crippen LogP contribution in [0, 0.1) is 11.8 Å². The molecule has 264 valence electrons. The lowest BCUT2D eigenvalue weighted by molar-refractivity contribution is -0.159. The molecule has 2 aromatic rings. The van der Waals surface area contributed by atoms with E-state index in [1.807, 2.05) is 96.8 Å². The molecule has 0 aliphatic heterocycles. The number of carbonyl (C=O) groups is 4. The standard InChI is InChI=1S/C38H55N3O7/c1-12-24(4)33(30(46-11)21-31(42)48-37(5,6)7)41(10)32(23(2)3)34(43)39-35(44)38(8,9)40-36(45)47-22-29-27-19-15-13-17-25(27)26-18-14-16-20-28(26)29/h13-20,23-24,29-30,32-33H,12,21-22H2,1-11H3,(H,40,45)(H,39,43,44)/t24-,30+,32-,33-/m0/s1. The number of nitrogens with zero attached hydrogens (tertiary/aromatic N) is 1. The van der Waals surface area contributed by atoms with E-state index in [4.69, 9.17) is 14.2 Å². The molecule has 0 aromatic heterocycles. The molecule has 48 heavy (non-hydrogen) atoms. The van der Waals surface area contributed by atoms with Crippen molar-refractivity contribution in [3.8, 4) is 11.1 Å². The van der Waals surface area contributed by atoms with Gasteiger partial charge in [0.05, 0.1) is 18.6 Å². The second kappa shape index (κ2) is 16.1. The lowest BCUT2D eigenvalue weighted by Crippen LogP contribution is -2.61. The Bertz CT molecular complexity index is 1400. The molecule has 0 saturated carbocycles. The van der Waals surface area contributed by atoms with E-state index < -0.39 is 47.2 Å². The Morgan fingerprint density at radius 2 is 1.44 bits per heavy atom. The number of fused-ring (bicyclic) bond motifs is 3. The molecule has 0 radical (unpaired) electrons. The lowest BCUT2D eigenvalue weighted by atomic mass is 9.88. The van der Waals surface area contributed by atoms with Gasteiger partial charge in [-0.3, -0.25) is 24.6 Å². The summed E-state index contributed by atoms with van der Waals surface area (Å²) in [6.07, 6.45) is -0.540. The van der Waals surface area contributed by atoms with Gasteiger partial charge in [-0.2, -0.15) is 0 Å². The average Bonchev–Trinajstić information content (AvgIpc) is 3.31. The SMILES string of the molecule is CC[C@H](C)[C@@H]([C@@H](CC(=O)OC(C)(C)C)OC)N(C)[C@H](C(=O)NC(=O)C(C)(C)NC(=O)OCC1c2ccccc2-c2ccccc21)C(C)C. The van der Waals surface area contributed by atoms with E-state index in [2.05, 4.69) is 22.8 Å². The second-order valence-electron chi connectivity index (χ2n) is 14.7. The molecule has 2 aromatic carbocycles. The Labute approximate surface area is 286 Å². The fourth-order valence-corrected chi connectivity index (χ4v) is 6.59. The normalized spacial score (nSPS) is 15.6. The molecule has 0 saturated heterocycles. The van der Waals surface area contributed by atoms with Crippen LogP contribution in [-0.4, -0.2) is 78.9 Å². The van der Waals surface area contributed by atoms with Gasteiger partial charge in [0.25, 0.3) is 5.91 Å². The third-order valence-electron chi connectivity index (χ3n) is 9.07. The number of carbonyl (C=O) groups excluding carboxylic acids is 4. The predicted octanol–water partition coefficient (Wildman–Crippen LogP) is 6.06. The van der Waals surface area contributed by atoms with Gasteiger partial charge >= 0.3 is 12.1 Å². The minimum absolute atomic E-state index is 0.00950. The molecule has 1 aliphatic rings. The molecule has 10 nitrogen and oxygen atoms in total. The van der Waals surface area contributed by atoms with Crippen LogP contribution in [0.25, 0.3) is 11.1 Å². The molecule has 0 bridgehead atoms. The van der Waals surface area contributed by atoms with Gasteiger partial charge in [-0.15, -0.1) is 0 Å². The number of rotatable bonds is 14. The van der Waals surface area contributed by atoms with Gasteiger partial charge in [0.1, 0.15) is 17.7 Å². The summed E-state index contributed by atoms with van der Waals surface area (Å²) in [5.74, 6) is -1.87. The third kappa shape index (κ3) is 9.44. The molecular weight excluding hydrogens is 610 g/mol. The number of hydrogen-bond donors (Lipinski definition) is 2. The molecular formula is C38H55N3O7. The molecule has 0 heterocycles. The Balaban J connectivity index is 1.69. The molecule has 1 aliphatic carbocycles. The molecule has 10 heteroatoms. The van der Waals surface area contributed by atoms with Crippen LogP contribution in [0.3, 0.4) is 0 Å². The zero-order valence-electron chi connectivity index (χ0n) is 30.5. The first kappa shape index (κ1) is 38.7. The highest BCUT2D eigenvalue weighted by atomic mass is 16.6. The van der Waals surface area contributed by atoms with Crippen molar-refractivity contribution in [2.45, 2.75) is 110 Å². The molecule has 0 unspecified atom stereocenters. The number of esters is 1. The summed E-state index contributed by atoms with van der Waals surface area (Å²) < 4.78 is 17.0. The minimum atomic E-state index is -1.46. The minimum Gasteiger partial charge on any atom is -0.460 e. The van der Waals surface area contributed by atoms with Gasteiger partial charge in [0.15, 0.2) is 0 Å². The molecule has 3 amide bonds. The van der Waals surface area contributed by atoms with Crippen LogP contribution in [0.2, 0.25) is 0 Å². The van der Waals surface area contributed by atoms with Crippen molar-refractivity contribution in [3.05, 3.63) is 59.7 Å². The van der Waals surface area contributed by atoms with Crippen LogP contribution >= 0.6 is 0 Å². The Morgan fingerprint density at radius 3 is 1.92 bits per heavy atom. The van der Waals surface area contributed by atoms with Crippen LogP contribution in [0.1, 0.15) is 92.2 Å². The number of methoxy groups -OCH3 is 1. The number of nitrogens with one attached hydrogen (secondary N) is 2. The predicted molar refractivity (Wildman–Crippen MR) is 186 cm³/mol. The largest absolute Gasteiger partial charge is 0.460 e. The van der Waals surface area contributed by atoms with E-state index in [1.54, 1.807) is 7.11 Å². The Morgan fingerprint density at radius 1 is 0.896 bits per heavy atom. The van der Waals surface area contributed by atoms with Crippen molar-refractivity contribution < 1.29 is 33.4 Å². The summed E-state index contributed by atoms with van der Waals surface area (Å²) in [5.41, 5.74) is 2.28. The van der Waals surface area contributed by atoms with Crippen LogP contribution < -0.4 is 10.6 Å². The van der Waals surface area contributed by atoms with Crippen molar-refractivity contribution in [1.82, 2.24) is 15.5 Å². The van der Waals surface area contributed by atoms with Gasteiger partial charge in [-0.1, -0.05) is 82.6 Å². The maximum atomic E-state index is 13.8. The number of benzene rings is 2. The zero-order valence-corrected chi connectivity index (χ0v) is 30.5. The number of amides is 3. The average molecular weight is 666 g/mol. The summed E-state index contributed by atoms with van der Waals surface area (Å²) in [6, 6.07) is 15.0. The van der Waals surface area contributed by atoms with Gasteiger partial charge in [0.2, 0.25) is 5.91 Å². The summed E-state index contributed by atoms with van der Waals surface area (Å²) in [4.78, 5) is 54.9. The van der Waals surface area contributed by atoms with E-state index in [0.29, 0.717) is 0 Å². The van der Waals surface area contributed by atoms with E-state index in [1.165, 1.54) is 13.8 Å². The summed E-state index contributed by atoms with van der Waals surface area (Å²) in [7, 11) is 3.36. The van der Waals surface area contributed by atoms with Crippen molar-refractivity contribution in [1.29, 1.82) is 0 Å². The van der Waals surface area contributed by atoms with E-state index in [0.717, 1.165) is 28.7 Å². The van der Waals surface area contributed by atoms with Crippen molar-refractivity contribution >= 4 is 23.9 Å². The first-order chi connectivity index (χ1) is 22.4. The number of alkyl carbamates (subject to hydrolysis) is 1. The maximum Gasteiger partial charge on any atom is 0.408 e. The van der Waals surface area contributed by atoms with Gasteiger partial charge in [0, 0.05) is 19.1 Å². The topological polar surface area (TPSA) is 123 Å².